The minimum atomic E-state index is 0.941. The van der Waals surface area contributed by atoms with E-state index in [1.165, 1.54) is 16.5 Å². The van der Waals surface area contributed by atoms with E-state index in [-0.39, 0.29) is 0 Å². The molecular weight excluding hydrogens is 268 g/mol. The number of nitrogens with zero attached hydrogens (tertiary/aromatic N) is 2. The van der Waals surface area contributed by atoms with Gasteiger partial charge in [0.2, 0.25) is 0 Å². The maximum Gasteiger partial charge on any atom is 0.0701 e. The van der Waals surface area contributed by atoms with Crippen molar-refractivity contribution >= 4 is 17.0 Å². The Hall–Kier alpha value is -2.87. The van der Waals surface area contributed by atoms with E-state index in [0.29, 0.717) is 0 Å². The highest BCUT2D eigenvalue weighted by molar-refractivity contribution is 5.77. The number of pyridine rings is 1. The van der Waals surface area contributed by atoms with Crippen LogP contribution in [0.5, 0.6) is 0 Å². The summed E-state index contributed by atoms with van der Waals surface area (Å²) in [5, 5.41) is 1.20. The van der Waals surface area contributed by atoms with Gasteiger partial charge >= 0.3 is 0 Å². The van der Waals surface area contributed by atoms with Crippen molar-refractivity contribution in [2.45, 2.75) is 6.54 Å². The fourth-order valence-corrected chi connectivity index (χ4v) is 2.41. The van der Waals surface area contributed by atoms with Crippen LogP contribution in [0.4, 0.5) is 0 Å². The van der Waals surface area contributed by atoms with E-state index >= 15 is 0 Å². The summed E-state index contributed by atoms with van der Waals surface area (Å²) < 4.78 is 0. The van der Waals surface area contributed by atoms with Gasteiger partial charge in [0.05, 0.1) is 5.52 Å². The normalized spacial score (nSPS) is 12.3. The highest BCUT2D eigenvalue weighted by atomic mass is 15.1. The predicted octanol–water partition coefficient (Wildman–Crippen LogP) is 4.85. The molecule has 0 N–H and O–H groups in total. The topological polar surface area (TPSA) is 16.1 Å². The van der Waals surface area contributed by atoms with Crippen molar-refractivity contribution in [1.82, 2.24) is 9.88 Å². The zero-order chi connectivity index (χ0) is 15.2. The van der Waals surface area contributed by atoms with Crippen molar-refractivity contribution in [3.63, 3.8) is 0 Å². The number of hydrogen-bond donors (Lipinski definition) is 0. The summed E-state index contributed by atoms with van der Waals surface area (Å²) in [6.07, 6.45) is 7.81. The lowest BCUT2D eigenvalue weighted by Crippen LogP contribution is -2.12. The van der Waals surface area contributed by atoms with Crippen LogP contribution in [-0.4, -0.2) is 9.88 Å². The Labute approximate surface area is 131 Å². The van der Waals surface area contributed by atoms with Crippen molar-refractivity contribution in [2.75, 3.05) is 0 Å². The van der Waals surface area contributed by atoms with Gasteiger partial charge in [-0.2, -0.15) is 0 Å². The fourth-order valence-electron chi connectivity index (χ4n) is 2.41. The van der Waals surface area contributed by atoms with Gasteiger partial charge in [-0.25, -0.2) is 0 Å². The molecule has 1 aliphatic rings. The van der Waals surface area contributed by atoms with Crippen LogP contribution in [0.15, 0.2) is 85.8 Å². The fraction of sp³-hybridized carbons (Fsp3) is 0.0500. The van der Waals surface area contributed by atoms with Crippen molar-refractivity contribution in [3.8, 4) is 0 Å². The van der Waals surface area contributed by atoms with Gasteiger partial charge in [0.25, 0.3) is 0 Å². The Morgan fingerprint density at radius 1 is 0.955 bits per heavy atom. The smallest absolute Gasteiger partial charge is 0.0701 e. The van der Waals surface area contributed by atoms with Crippen LogP contribution in [0.25, 0.3) is 17.0 Å². The van der Waals surface area contributed by atoms with E-state index in [9.17, 15) is 0 Å². The molecule has 1 aromatic heterocycles. The first-order valence-corrected chi connectivity index (χ1v) is 7.31. The van der Waals surface area contributed by atoms with Gasteiger partial charge in [0, 0.05) is 24.3 Å². The lowest BCUT2D eigenvalue weighted by molar-refractivity contribution is 0.499. The highest BCUT2D eigenvalue weighted by Gasteiger charge is 2.05. The number of para-hydroxylation sites is 1. The van der Waals surface area contributed by atoms with E-state index in [4.69, 9.17) is 0 Å². The molecule has 1 aliphatic heterocycles. The largest absolute Gasteiger partial charge is 0.350 e. The molecule has 0 atom stereocenters. The lowest BCUT2D eigenvalue weighted by atomic mass is 10.1. The molecule has 2 nitrogen and oxygen atoms in total. The van der Waals surface area contributed by atoms with E-state index in [2.05, 4.69) is 65.1 Å². The van der Waals surface area contributed by atoms with Gasteiger partial charge < -0.3 is 4.90 Å². The Morgan fingerprint density at radius 3 is 2.59 bits per heavy atom. The average molecular weight is 286 g/mol. The Bertz CT molecular complexity index is 740. The van der Waals surface area contributed by atoms with E-state index in [0.717, 1.165) is 12.1 Å². The molecule has 2 aromatic carbocycles. The number of benzene rings is 2. The minimum absolute atomic E-state index is 0.941. The quantitative estimate of drug-likeness (QED) is 0.635. The summed E-state index contributed by atoms with van der Waals surface area (Å²) >= 11 is 0. The average Bonchev–Trinajstić information content (AvgIpc) is 2.62. The number of rotatable bonds is 1. The molecule has 0 spiro atoms. The van der Waals surface area contributed by atoms with Gasteiger partial charge in [0.15, 0.2) is 0 Å². The Morgan fingerprint density at radius 2 is 1.73 bits per heavy atom. The van der Waals surface area contributed by atoms with Crippen LogP contribution in [0.2, 0.25) is 0 Å². The highest BCUT2D eigenvalue weighted by Crippen LogP contribution is 2.18. The molecule has 22 heavy (non-hydrogen) atoms. The van der Waals surface area contributed by atoms with Crippen LogP contribution in [0, 0.1) is 0 Å². The van der Waals surface area contributed by atoms with Gasteiger partial charge in [-0.3, -0.25) is 4.98 Å². The van der Waals surface area contributed by atoms with Crippen molar-refractivity contribution < 1.29 is 0 Å². The van der Waals surface area contributed by atoms with Gasteiger partial charge in [-0.1, -0.05) is 55.1 Å². The first-order chi connectivity index (χ1) is 10.9. The van der Waals surface area contributed by atoms with Crippen LogP contribution in [0.3, 0.4) is 0 Å². The zero-order valence-electron chi connectivity index (χ0n) is 12.4. The summed E-state index contributed by atoms with van der Waals surface area (Å²) in [7, 11) is 0. The molecule has 0 fully saturated rings. The second kappa shape index (κ2) is 6.72. The van der Waals surface area contributed by atoms with Gasteiger partial charge in [0.1, 0.15) is 0 Å². The number of aromatic nitrogens is 1. The standard InChI is InChI=1S/C11H11N.C9H7N/c1-2-12-8-7-10-5-3-4-6-11(10)9-12;1-2-6-9-8(4-1)5-3-7-10-9/h2-8H,1,9H2;1-7H. The first kappa shape index (κ1) is 14.1. The van der Waals surface area contributed by atoms with Crippen molar-refractivity contribution in [2.24, 2.45) is 0 Å². The molecule has 0 aliphatic carbocycles. The monoisotopic (exact) mass is 286 g/mol. The summed E-state index contributed by atoms with van der Waals surface area (Å²) in [6, 6.07) is 20.5. The molecule has 0 amide bonds. The van der Waals surface area contributed by atoms with Crippen LogP contribution >= 0.6 is 0 Å². The number of fused-ring (bicyclic) bond motifs is 2. The number of hydrogen-bond acceptors (Lipinski definition) is 2. The second-order valence-electron chi connectivity index (χ2n) is 5.07. The second-order valence-corrected chi connectivity index (χ2v) is 5.07. The summed E-state index contributed by atoms with van der Waals surface area (Å²) in [5.74, 6) is 0. The van der Waals surface area contributed by atoms with Crippen LogP contribution in [-0.2, 0) is 6.54 Å². The Balaban J connectivity index is 0.000000133. The molecule has 0 radical (unpaired) electrons. The van der Waals surface area contributed by atoms with Crippen LogP contribution in [0.1, 0.15) is 11.1 Å². The third kappa shape index (κ3) is 3.23. The van der Waals surface area contributed by atoms with Gasteiger partial charge in [-0.05, 0) is 35.5 Å². The molecule has 3 aromatic rings. The SMILES string of the molecule is C=CN1C=Cc2ccccc2C1.c1ccc2ncccc2c1. The molecular formula is C20H18N2. The third-order valence-corrected chi connectivity index (χ3v) is 3.60. The minimum Gasteiger partial charge on any atom is -0.350 e. The zero-order valence-corrected chi connectivity index (χ0v) is 12.4. The van der Waals surface area contributed by atoms with E-state index < -0.39 is 0 Å². The molecule has 0 saturated carbocycles. The van der Waals surface area contributed by atoms with Gasteiger partial charge in [-0.15, -0.1) is 0 Å². The molecule has 4 rings (SSSR count). The van der Waals surface area contributed by atoms with Crippen molar-refractivity contribution in [3.05, 3.63) is 97.0 Å². The maximum atomic E-state index is 4.18. The molecule has 2 heteroatoms. The van der Waals surface area contributed by atoms with Crippen LogP contribution < -0.4 is 0 Å². The molecule has 108 valence electrons. The molecule has 0 bridgehead atoms. The Kier molecular flexibility index (Phi) is 4.30. The lowest BCUT2D eigenvalue weighted by Gasteiger charge is -2.20. The maximum absolute atomic E-state index is 4.18. The molecule has 0 saturated heterocycles. The summed E-state index contributed by atoms with van der Waals surface area (Å²) in [6.45, 7) is 4.67. The summed E-state index contributed by atoms with van der Waals surface area (Å²) in [4.78, 5) is 6.25. The molecule has 0 unspecified atom stereocenters. The van der Waals surface area contributed by atoms with Crippen molar-refractivity contribution in [1.29, 1.82) is 0 Å². The van der Waals surface area contributed by atoms with E-state index in [1.807, 2.05) is 36.7 Å². The first-order valence-electron chi connectivity index (χ1n) is 7.31. The molecule has 2 heterocycles. The third-order valence-electron chi connectivity index (χ3n) is 3.60. The van der Waals surface area contributed by atoms with E-state index in [1.54, 1.807) is 0 Å². The summed E-state index contributed by atoms with van der Waals surface area (Å²) in [5.41, 5.74) is 3.74. The predicted molar refractivity (Wildman–Crippen MR) is 93.0 cm³/mol.